The van der Waals surface area contributed by atoms with E-state index >= 15 is 0 Å². The van der Waals surface area contributed by atoms with E-state index in [1.54, 1.807) is 4.68 Å². The summed E-state index contributed by atoms with van der Waals surface area (Å²) < 4.78 is 1.69. The smallest absolute Gasteiger partial charge is 0.206 e. The Bertz CT molecular complexity index is 624. The molecule has 1 heterocycles. The van der Waals surface area contributed by atoms with E-state index in [0.717, 1.165) is 22.5 Å². The number of aryl methyl sites for hydroxylation is 3. The third-order valence-electron chi connectivity index (χ3n) is 2.78. The lowest BCUT2D eigenvalue weighted by Gasteiger charge is -2.12. The minimum atomic E-state index is -0.343. The Labute approximate surface area is 106 Å². The van der Waals surface area contributed by atoms with E-state index in [2.05, 4.69) is 11.2 Å². The Morgan fingerprint density at radius 2 is 1.72 bits per heavy atom. The maximum absolute atomic E-state index is 11.6. The van der Waals surface area contributed by atoms with Gasteiger partial charge in [0.1, 0.15) is 5.69 Å². The summed E-state index contributed by atoms with van der Waals surface area (Å²) in [5, 5.41) is 13.3. The maximum Gasteiger partial charge on any atom is 0.206 e. The van der Waals surface area contributed by atoms with Crippen LogP contribution in [0, 0.1) is 20.8 Å². The molecule has 2 rings (SSSR count). The van der Waals surface area contributed by atoms with E-state index in [0.29, 0.717) is 0 Å². The lowest BCUT2D eigenvalue weighted by molar-refractivity contribution is 0.273. The van der Waals surface area contributed by atoms with Crippen molar-refractivity contribution in [2.24, 2.45) is 0 Å². The monoisotopic (exact) mass is 244 g/mol. The van der Waals surface area contributed by atoms with Crippen LogP contribution in [0.2, 0.25) is 0 Å². The fraction of sp³-hybridized carbons (Fsp3) is 0.286. The zero-order valence-electron chi connectivity index (χ0n) is 10.8. The number of aliphatic hydroxyl groups is 1. The van der Waals surface area contributed by atoms with Gasteiger partial charge in [-0.3, -0.25) is 4.79 Å². The first kappa shape index (κ1) is 12.5. The molecule has 94 valence electrons. The number of hydrogen-bond acceptors (Lipinski definition) is 3. The average Bonchev–Trinajstić information content (AvgIpc) is 2.27. The molecular formula is C14H16N2O2. The predicted octanol–water partition coefficient (Wildman–Crippen LogP) is 1.65. The summed E-state index contributed by atoms with van der Waals surface area (Å²) in [7, 11) is 0. The van der Waals surface area contributed by atoms with Crippen molar-refractivity contribution in [3.8, 4) is 5.69 Å². The van der Waals surface area contributed by atoms with E-state index in [9.17, 15) is 4.79 Å². The van der Waals surface area contributed by atoms with Crippen molar-refractivity contribution >= 4 is 0 Å². The summed E-state index contributed by atoms with van der Waals surface area (Å²) in [6, 6.07) is 7.57. The van der Waals surface area contributed by atoms with Gasteiger partial charge in [-0.15, -0.1) is 0 Å². The quantitative estimate of drug-likeness (QED) is 0.874. The van der Waals surface area contributed by atoms with Gasteiger partial charge in [0, 0.05) is 11.8 Å². The first-order chi connectivity index (χ1) is 8.51. The number of rotatable bonds is 2. The molecule has 1 aromatic heterocycles. The van der Waals surface area contributed by atoms with Crippen molar-refractivity contribution in [1.82, 2.24) is 9.78 Å². The van der Waals surface area contributed by atoms with Gasteiger partial charge in [-0.25, -0.2) is 4.68 Å². The number of hydrogen-bond donors (Lipinski definition) is 1. The second-order valence-electron chi connectivity index (χ2n) is 4.51. The van der Waals surface area contributed by atoms with Crippen molar-refractivity contribution < 1.29 is 5.11 Å². The molecule has 0 aliphatic carbocycles. The molecular weight excluding hydrogens is 228 g/mol. The van der Waals surface area contributed by atoms with Crippen LogP contribution in [0.4, 0.5) is 0 Å². The van der Waals surface area contributed by atoms with Crippen LogP contribution in [0.5, 0.6) is 0 Å². The highest BCUT2D eigenvalue weighted by Crippen LogP contribution is 2.14. The Hall–Kier alpha value is -1.94. The van der Waals surface area contributed by atoms with Crippen LogP contribution in [-0.2, 0) is 6.61 Å². The predicted molar refractivity (Wildman–Crippen MR) is 70.0 cm³/mol. The molecule has 0 fully saturated rings. The average molecular weight is 244 g/mol. The highest BCUT2D eigenvalue weighted by molar-refractivity contribution is 5.39. The van der Waals surface area contributed by atoms with Crippen molar-refractivity contribution in [3.63, 3.8) is 0 Å². The number of aromatic nitrogens is 2. The highest BCUT2D eigenvalue weighted by atomic mass is 16.3. The zero-order chi connectivity index (χ0) is 13.3. The molecule has 1 N–H and O–H groups in total. The van der Waals surface area contributed by atoms with Crippen LogP contribution in [0.15, 0.2) is 29.1 Å². The van der Waals surface area contributed by atoms with Crippen molar-refractivity contribution in [2.45, 2.75) is 27.4 Å². The third kappa shape index (κ3) is 2.33. The van der Waals surface area contributed by atoms with Crippen molar-refractivity contribution in [1.29, 1.82) is 0 Å². The van der Waals surface area contributed by atoms with Gasteiger partial charge in [0.25, 0.3) is 0 Å². The lowest BCUT2D eigenvalue weighted by atomic mass is 10.1. The van der Waals surface area contributed by atoms with Crippen LogP contribution < -0.4 is 5.43 Å². The minimum absolute atomic E-state index is 0.166. The van der Waals surface area contributed by atoms with E-state index < -0.39 is 0 Å². The van der Waals surface area contributed by atoms with Gasteiger partial charge in [0.2, 0.25) is 5.43 Å². The first-order valence-corrected chi connectivity index (χ1v) is 5.80. The molecule has 0 aliphatic heterocycles. The summed E-state index contributed by atoms with van der Waals surface area (Å²) in [4.78, 5) is 11.6. The van der Waals surface area contributed by atoms with Gasteiger partial charge in [0.15, 0.2) is 0 Å². The normalized spacial score (nSPS) is 10.7. The molecule has 0 atom stereocenters. The van der Waals surface area contributed by atoms with Crippen molar-refractivity contribution in [2.75, 3.05) is 0 Å². The van der Waals surface area contributed by atoms with Gasteiger partial charge < -0.3 is 5.11 Å². The standard InChI is InChI=1S/C14H16N2O2/c1-9-4-10(2)6-12(5-9)16-11(3)7-14(18)13(8-17)15-16/h4-7,17H,8H2,1-3H3. The van der Waals surface area contributed by atoms with Crippen molar-refractivity contribution in [3.05, 3.63) is 57.0 Å². The van der Waals surface area contributed by atoms with E-state index in [-0.39, 0.29) is 17.7 Å². The van der Waals surface area contributed by atoms with Gasteiger partial charge in [-0.1, -0.05) is 6.07 Å². The summed E-state index contributed by atoms with van der Waals surface area (Å²) >= 11 is 0. The largest absolute Gasteiger partial charge is 0.390 e. The van der Waals surface area contributed by atoms with Crippen LogP contribution in [0.3, 0.4) is 0 Å². The van der Waals surface area contributed by atoms with Gasteiger partial charge in [-0.2, -0.15) is 5.10 Å². The second-order valence-corrected chi connectivity index (χ2v) is 4.51. The summed E-state index contributed by atoms with van der Waals surface area (Å²) in [5.41, 5.74) is 3.86. The Kier molecular flexibility index (Phi) is 3.30. The Balaban J connectivity index is 2.66. The van der Waals surface area contributed by atoms with E-state index in [1.165, 1.54) is 6.07 Å². The number of nitrogens with zero attached hydrogens (tertiary/aromatic N) is 2. The Morgan fingerprint density at radius 3 is 2.28 bits per heavy atom. The molecule has 2 aromatic rings. The number of benzene rings is 1. The molecule has 0 saturated heterocycles. The minimum Gasteiger partial charge on any atom is -0.390 e. The van der Waals surface area contributed by atoms with Crippen LogP contribution in [0.1, 0.15) is 22.5 Å². The molecule has 1 aromatic carbocycles. The molecule has 0 unspecified atom stereocenters. The van der Waals surface area contributed by atoms with Crippen LogP contribution >= 0.6 is 0 Å². The van der Waals surface area contributed by atoms with Gasteiger partial charge >= 0.3 is 0 Å². The molecule has 4 nitrogen and oxygen atoms in total. The second kappa shape index (κ2) is 4.74. The van der Waals surface area contributed by atoms with Crippen LogP contribution in [0.25, 0.3) is 5.69 Å². The van der Waals surface area contributed by atoms with Gasteiger partial charge in [0.05, 0.1) is 12.3 Å². The SMILES string of the molecule is Cc1cc(C)cc(-n2nc(CO)c(=O)cc2C)c1. The number of aliphatic hydroxyl groups excluding tert-OH is 1. The molecule has 0 radical (unpaired) electrons. The third-order valence-corrected chi connectivity index (χ3v) is 2.78. The first-order valence-electron chi connectivity index (χ1n) is 5.80. The summed E-state index contributed by atoms with van der Waals surface area (Å²) in [5.74, 6) is 0. The molecule has 0 spiro atoms. The molecule has 0 bridgehead atoms. The highest BCUT2D eigenvalue weighted by Gasteiger charge is 2.07. The molecule has 18 heavy (non-hydrogen) atoms. The molecule has 0 aliphatic rings. The Morgan fingerprint density at radius 1 is 1.11 bits per heavy atom. The fourth-order valence-electron chi connectivity index (χ4n) is 2.03. The molecule has 0 saturated carbocycles. The summed E-state index contributed by atoms with van der Waals surface area (Å²) in [6.07, 6.45) is 0. The summed E-state index contributed by atoms with van der Waals surface area (Å²) in [6.45, 7) is 5.51. The fourth-order valence-corrected chi connectivity index (χ4v) is 2.03. The zero-order valence-corrected chi connectivity index (χ0v) is 10.8. The molecule has 4 heteroatoms. The lowest BCUT2D eigenvalue weighted by Crippen LogP contribution is -2.18. The molecule has 0 amide bonds. The maximum atomic E-state index is 11.6. The van der Waals surface area contributed by atoms with Gasteiger partial charge in [-0.05, 0) is 44.0 Å². The topological polar surface area (TPSA) is 55.1 Å². The van der Waals surface area contributed by atoms with Crippen LogP contribution in [-0.4, -0.2) is 14.9 Å². The van der Waals surface area contributed by atoms with E-state index in [4.69, 9.17) is 5.11 Å². The van der Waals surface area contributed by atoms with E-state index in [1.807, 2.05) is 32.9 Å².